The lowest BCUT2D eigenvalue weighted by Crippen LogP contribution is -2.13. The van der Waals surface area contributed by atoms with Crippen LogP contribution in [0.3, 0.4) is 0 Å². The second-order valence-corrected chi connectivity index (χ2v) is 5.38. The van der Waals surface area contributed by atoms with Crippen molar-refractivity contribution in [2.45, 2.75) is 13.1 Å². The van der Waals surface area contributed by atoms with Crippen molar-refractivity contribution in [3.8, 4) is 11.5 Å². The van der Waals surface area contributed by atoms with E-state index in [1.54, 1.807) is 6.07 Å². The molecule has 0 amide bonds. The highest BCUT2D eigenvalue weighted by Gasteiger charge is 2.12. The minimum absolute atomic E-state index is 0.239. The number of benzene rings is 2. The van der Waals surface area contributed by atoms with Crippen LogP contribution in [0.25, 0.3) is 0 Å². The highest BCUT2D eigenvalue weighted by molar-refractivity contribution is 9.10. The van der Waals surface area contributed by atoms with Crippen LogP contribution in [0, 0.1) is 5.82 Å². The van der Waals surface area contributed by atoms with E-state index < -0.39 is 0 Å². The van der Waals surface area contributed by atoms with E-state index in [4.69, 9.17) is 9.47 Å². The SMILES string of the molecule is Fc1ccc(CNCc2ccc3c(c2)OCO3)c(Br)c1. The third-order valence-electron chi connectivity index (χ3n) is 3.10. The van der Waals surface area contributed by atoms with Crippen molar-refractivity contribution in [2.24, 2.45) is 0 Å². The van der Waals surface area contributed by atoms with Crippen molar-refractivity contribution in [2.75, 3.05) is 6.79 Å². The van der Waals surface area contributed by atoms with Gasteiger partial charge in [0.2, 0.25) is 6.79 Å². The Hall–Kier alpha value is -1.59. The van der Waals surface area contributed by atoms with Crippen molar-refractivity contribution < 1.29 is 13.9 Å². The van der Waals surface area contributed by atoms with Gasteiger partial charge in [-0.15, -0.1) is 0 Å². The molecule has 0 aromatic heterocycles. The number of hydrogen-bond acceptors (Lipinski definition) is 3. The van der Waals surface area contributed by atoms with E-state index >= 15 is 0 Å². The Labute approximate surface area is 124 Å². The molecule has 104 valence electrons. The van der Waals surface area contributed by atoms with Crippen molar-refractivity contribution in [1.29, 1.82) is 0 Å². The molecule has 0 saturated heterocycles. The lowest BCUT2D eigenvalue weighted by atomic mass is 10.2. The molecule has 0 fully saturated rings. The molecule has 0 unspecified atom stereocenters. The summed E-state index contributed by atoms with van der Waals surface area (Å²) in [6.07, 6.45) is 0. The molecule has 1 aliphatic rings. The Bertz CT molecular complexity index is 633. The molecule has 0 spiro atoms. The highest BCUT2D eigenvalue weighted by atomic mass is 79.9. The summed E-state index contributed by atoms with van der Waals surface area (Å²) in [6, 6.07) is 10.6. The quantitative estimate of drug-likeness (QED) is 0.924. The van der Waals surface area contributed by atoms with Gasteiger partial charge in [0.05, 0.1) is 0 Å². The van der Waals surface area contributed by atoms with E-state index in [1.165, 1.54) is 12.1 Å². The molecule has 20 heavy (non-hydrogen) atoms. The van der Waals surface area contributed by atoms with E-state index in [0.717, 1.165) is 27.1 Å². The molecule has 3 rings (SSSR count). The number of nitrogens with one attached hydrogen (secondary N) is 1. The van der Waals surface area contributed by atoms with Gasteiger partial charge in [-0.3, -0.25) is 0 Å². The van der Waals surface area contributed by atoms with Crippen molar-refractivity contribution in [3.05, 3.63) is 57.8 Å². The Morgan fingerprint density at radius 2 is 1.90 bits per heavy atom. The summed E-state index contributed by atoms with van der Waals surface area (Å²) in [7, 11) is 0. The average Bonchev–Trinajstić information content (AvgIpc) is 2.89. The second kappa shape index (κ2) is 5.81. The minimum Gasteiger partial charge on any atom is -0.454 e. The van der Waals surface area contributed by atoms with Gasteiger partial charge in [-0.05, 0) is 35.4 Å². The fourth-order valence-electron chi connectivity index (χ4n) is 2.06. The molecule has 0 radical (unpaired) electrons. The number of ether oxygens (including phenoxy) is 2. The van der Waals surface area contributed by atoms with E-state index in [-0.39, 0.29) is 12.6 Å². The number of rotatable bonds is 4. The van der Waals surface area contributed by atoms with E-state index in [2.05, 4.69) is 21.2 Å². The van der Waals surface area contributed by atoms with Crippen molar-refractivity contribution >= 4 is 15.9 Å². The summed E-state index contributed by atoms with van der Waals surface area (Å²) in [5.41, 5.74) is 2.14. The monoisotopic (exact) mass is 337 g/mol. The molecular formula is C15H13BrFNO2. The van der Waals surface area contributed by atoms with Crippen LogP contribution in [0.4, 0.5) is 4.39 Å². The van der Waals surface area contributed by atoms with Gasteiger partial charge in [-0.1, -0.05) is 28.1 Å². The predicted octanol–water partition coefficient (Wildman–Crippen LogP) is 3.61. The first-order chi connectivity index (χ1) is 9.72. The summed E-state index contributed by atoms with van der Waals surface area (Å²) < 4.78 is 24.4. The summed E-state index contributed by atoms with van der Waals surface area (Å²) in [4.78, 5) is 0. The van der Waals surface area contributed by atoms with Gasteiger partial charge in [0.15, 0.2) is 11.5 Å². The fraction of sp³-hybridized carbons (Fsp3) is 0.200. The lowest BCUT2D eigenvalue weighted by molar-refractivity contribution is 0.174. The average molecular weight is 338 g/mol. The standard InChI is InChI=1S/C15H13BrFNO2/c16-13-6-12(17)3-2-11(13)8-18-7-10-1-4-14-15(5-10)20-9-19-14/h1-6,18H,7-9H2. The Balaban J connectivity index is 1.60. The molecule has 0 bridgehead atoms. The summed E-state index contributed by atoms with van der Waals surface area (Å²) >= 11 is 3.36. The predicted molar refractivity (Wildman–Crippen MR) is 77.2 cm³/mol. The zero-order chi connectivity index (χ0) is 13.9. The maximum Gasteiger partial charge on any atom is 0.231 e. The van der Waals surface area contributed by atoms with Gasteiger partial charge in [0, 0.05) is 17.6 Å². The smallest absolute Gasteiger partial charge is 0.231 e. The third-order valence-corrected chi connectivity index (χ3v) is 3.83. The van der Waals surface area contributed by atoms with E-state index in [0.29, 0.717) is 13.1 Å². The summed E-state index contributed by atoms with van der Waals surface area (Å²) in [5, 5.41) is 3.32. The topological polar surface area (TPSA) is 30.5 Å². The molecule has 1 heterocycles. The second-order valence-electron chi connectivity index (χ2n) is 4.53. The molecule has 3 nitrogen and oxygen atoms in total. The fourth-order valence-corrected chi connectivity index (χ4v) is 2.55. The van der Waals surface area contributed by atoms with Gasteiger partial charge in [-0.25, -0.2) is 4.39 Å². The Morgan fingerprint density at radius 1 is 1.05 bits per heavy atom. The maximum absolute atomic E-state index is 13.0. The van der Waals surface area contributed by atoms with Gasteiger partial charge < -0.3 is 14.8 Å². The third kappa shape index (κ3) is 2.94. The van der Waals surface area contributed by atoms with Crippen LogP contribution >= 0.6 is 15.9 Å². The van der Waals surface area contributed by atoms with Crippen LogP contribution in [-0.2, 0) is 13.1 Å². The molecule has 1 aliphatic heterocycles. The van der Waals surface area contributed by atoms with E-state index in [1.807, 2.05) is 18.2 Å². The molecular weight excluding hydrogens is 325 g/mol. The van der Waals surface area contributed by atoms with Crippen LogP contribution in [0.15, 0.2) is 40.9 Å². The van der Waals surface area contributed by atoms with Gasteiger partial charge in [0.25, 0.3) is 0 Å². The first kappa shape index (κ1) is 13.4. The summed E-state index contributed by atoms with van der Waals surface area (Å²) in [5.74, 6) is 1.33. The van der Waals surface area contributed by atoms with Crippen LogP contribution in [-0.4, -0.2) is 6.79 Å². The molecule has 5 heteroatoms. The molecule has 1 N–H and O–H groups in total. The van der Waals surface area contributed by atoms with Gasteiger partial charge in [-0.2, -0.15) is 0 Å². The molecule has 2 aromatic carbocycles. The highest BCUT2D eigenvalue weighted by Crippen LogP contribution is 2.32. The Morgan fingerprint density at radius 3 is 2.75 bits per heavy atom. The number of fused-ring (bicyclic) bond motifs is 1. The van der Waals surface area contributed by atoms with Crippen molar-refractivity contribution in [1.82, 2.24) is 5.32 Å². The zero-order valence-electron chi connectivity index (χ0n) is 10.7. The van der Waals surface area contributed by atoms with Crippen LogP contribution in [0.1, 0.15) is 11.1 Å². The van der Waals surface area contributed by atoms with E-state index in [9.17, 15) is 4.39 Å². The van der Waals surface area contributed by atoms with Gasteiger partial charge >= 0.3 is 0 Å². The molecule has 0 atom stereocenters. The first-order valence-corrected chi connectivity index (χ1v) is 7.05. The van der Waals surface area contributed by atoms with Crippen LogP contribution in [0.5, 0.6) is 11.5 Å². The summed E-state index contributed by atoms with van der Waals surface area (Å²) in [6.45, 7) is 1.66. The zero-order valence-corrected chi connectivity index (χ0v) is 12.2. The maximum atomic E-state index is 13.0. The van der Waals surface area contributed by atoms with Crippen LogP contribution < -0.4 is 14.8 Å². The molecule has 0 aliphatic carbocycles. The number of hydrogen-bond donors (Lipinski definition) is 1. The van der Waals surface area contributed by atoms with Gasteiger partial charge in [0.1, 0.15) is 5.82 Å². The molecule has 2 aromatic rings. The lowest BCUT2D eigenvalue weighted by Gasteiger charge is -2.08. The normalized spacial score (nSPS) is 12.7. The minimum atomic E-state index is -0.239. The number of halogens is 2. The van der Waals surface area contributed by atoms with Crippen LogP contribution in [0.2, 0.25) is 0 Å². The molecule has 0 saturated carbocycles. The first-order valence-electron chi connectivity index (χ1n) is 6.25. The van der Waals surface area contributed by atoms with Crippen molar-refractivity contribution in [3.63, 3.8) is 0 Å². The largest absolute Gasteiger partial charge is 0.454 e. The Kier molecular flexibility index (Phi) is 3.89.